The number of anilines is 2. The minimum absolute atomic E-state index is 0.0357. The molecule has 4 fully saturated rings. The normalized spacial score (nSPS) is 21.5. The lowest BCUT2D eigenvalue weighted by molar-refractivity contribution is -0.384. The number of fused-ring (bicyclic) bond motifs is 1. The summed E-state index contributed by atoms with van der Waals surface area (Å²) in [6, 6.07) is 28.0. The van der Waals surface area contributed by atoms with Crippen molar-refractivity contribution >= 4 is 55.6 Å². The fraction of sp³-hybridized carbons (Fsp3) is 0.439. The third-order valence-corrected chi connectivity index (χ3v) is 18.0. The smallest absolute Gasteiger partial charge is 0.293 e. The number of para-hydroxylation sites is 1. The van der Waals surface area contributed by atoms with Crippen molar-refractivity contribution in [2.75, 3.05) is 56.6 Å². The van der Waals surface area contributed by atoms with E-state index in [-0.39, 0.29) is 34.4 Å². The number of nitro groups is 1. The van der Waals surface area contributed by atoms with Crippen molar-refractivity contribution in [1.29, 1.82) is 0 Å². The first-order chi connectivity index (χ1) is 36.0. The highest BCUT2D eigenvalue weighted by atomic mass is 35.5. The van der Waals surface area contributed by atoms with Crippen LogP contribution in [-0.2, 0) is 16.6 Å². The molecule has 2 saturated carbocycles. The SMILES string of the molecule is COc1c(Cl)cccc1CN1CCN(C2CC3(CCN(c4ccc(C(=O)NS(=O)(=O)c5ccc(NCC6CCC(C)(O)CC6)c([N+](=O)[O-])c5)c(Oc5cnc6[nH]ccc6c5)c4)CC3)C2)C(c2ccccc2C(C)C)C1. The van der Waals surface area contributed by atoms with Gasteiger partial charge in [-0.3, -0.25) is 24.7 Å². The highest BCUT2D eigenvalue weighted by Crippen LogP contribution is 2.53. The molecule has 2 aliphatic heterocycles. The first-order valence-electron chi connectivity index (χ1n) is 26.2. The number of carbonyl (C=O) groups excluding carboxylic acids is 1. The number of methoxy groups -OCH3 is 1. The minimum Gasteiger partial charge on any atom is -0.495 e. The summed E-state index contributed by atoms with van der Waals surface area (Å²) in [6.45, 7) is 11.9. The molecule has 1 unspecified atom stereocenters. The number of nitrogens with zero attached hydrogens (tertiary/aromatic N) is 5. The second-order valence-electron chi connectivity index (χ2n) is 21.8. The quantitative estimate of drug-likeness (QED) is 0.0529. The molecule has 396 valence electrons. The lowest BCUT2D eigenvalue weighted by Gasteiger charge is -2.58. The first-order valence-corrected chi connectivity index (χ1v) is 28.0. The number of piperidine rings is 1. The lowest BCUT2D eigenvalue weighted by atomic mass is 9.59. The van der Waals surface area contributed by atoms with Crippen molar-refractivity contribution in [2.24, 2.45) is 11.3 Å². The Bertz CT molecular complexity index is 3180. The molecular weight excluding hydrogens is 992 g/mol. The number of carbonyl (C=O) groups is 1. The summed E-state index contributed by atoms with van der Waals surface area (Å²) in [6.07, 6.45) is 10.3. The van der Waals surface area contributed by atoms with E-state index in [4.69, 9.17) is 21.1 Å². The minimum atomic E-state index is -4.59. The Hall–Kier alpha value is -6.24. The van der Waals surface area contributed by atoms with Gasteiger partial charge in [-0.2, -0.15) is 0 Å². The van der Waals surface area contributed by atoms with Gasteiger partial charge in [-0.25, -0.2) is 18.1 Å². The highest BCUT2D eigenvalue weighted by molar-refractivity contribution is 7.90. The fourth-order valence-corrected chi connectivity index (χ4v) is 13.3. The second-order valence-corrected chi connectivity index (χ2v) is 23.9. The molecule has 1 spiro atoms. The monoisotopic (exact) mass is 1060 g/mol. The Morgan fingerprint density at radius 3 is 2.49 bits per heavy atom. The zero-order chi connectivity index (χ0) is 52.6. The summed E-state index contributed by atoms with van der Waals surface area (Å²) in [5.74, 6) is 0.856. The number of amides is 1. The number of rotatable bonds is 16. The lowest BCUT2D eigenvalue weighted by Crippen LogP contribution is -2.60. The number of H-pyrrole nitrogens is 1. The number of nitro benzene ring substituents is 1. The number of hydrogen-bond donors (Lipinski definition) is 4. The van der Waals surface area contributed by atoms with Gasteiger partial charge in [-0.1, -0.05) is 61.8 Å². The average molecular weight is 1060 g/mol. The van der Waals surface area contributed by atoms with E-state index in [1.165, 1.54) is 29.5 Å². The van der Waals surface area contributed by atoms with Crippen LogP contribution in [0.25, 0.3) is 11.0 Å². The van der Waals surface area contributed by atoms with Crippen LogP contribution in [0, 0.1) is 21.4 Å². The summed E-state index contributed by atoms with van der Waals surface area (Å²) >= 11 is 6.56. The zero-order valence-corrected chi connectivity index (χ0v) is 44.6. The second kappa shape index (κ2) is 21.4. The van der Waals surface area contributed by atoms with Crippen molar-refractivity contribution in [3.63, 3.8) is 0 Å². The van der Waals surface area contributed by atoms with Gasteiger partial charge in [0.05, 0.1) is 39.3 Å². The number of halogens is 1. The molecule has 1 amide bonds. The van der Waals surface area contributed by atoms with Crippen LogP contribution >= 0.6 is 11.6 Å². The third kappa shape index (κ3) is 11.3. The molecule has 2 aliphatic carbocycles. The molecule has 75 heavy (non-hydrogen) atoms. The third-order valence-electron chi connectivity index (χ3n) is 16.4. The van der Waals surface area contributed by atoms with E-state index >= 15 is 0 Å². The van der Waals surface area contributed by atoms with Crippen LogP contribution in [0.2, 0.25) is 5.02 Å². The van der Waals surface area contributed by atoms with Gasteiger partial charge in [0.1, 0.15) is 28.6 Å². The van der Waals surface area contributed by atoms with E-state index in [2.05, 4.69) is 78.9 Å². The molecule has 4 aromatic carbocycles. The molecule has 0 bridgehead atoms. The molecule has 4 N–H and O–H groups in total. The van der Waals surface area contributed by atoms with Crippen molar-refractivity contribution < 1.29 is 32.7 Å². The van der Waals surface area contributed by atoms with Crippen LogP contribution < -0.4 is 24.4 Å². The van der Waals surface area contributed by atoms with Crippen molar-refractivity contribution in [3.8, 4) is 17.2 Å². The summed E-state index contributed by atoms with van der Waals surface area (Å²) in [5.41, 5.74) is 4.56. The number of piperazine rings is 1. The van der Waals surface area contributed by atoms with Crippen molar-refractivity contribution in [3.05, 3.63) is 141 Å². The molecule has 4 aliphatic rings. The Kier molecular flexibility index (Phi) is 14.9. The van der Waals surface area contributed by atoms with Crippen LogP contribution in [0.3, 0.4) is 0 Å². The predicted octanol–water partition coefficient (Wildman–Crippen LogP) is 10.8. The molecule has 2 saturated heterocycles. The summed E-state index contributed by atoms with van der Waals surface area (Å²) < 4.78 is 42.0. The van der Waals surface area contributed by atoms with Gasteiger partial charge in [0.2, 0.25) is 0 Å². The van der Waals surface area contributed by atoms with Crippen LogP contribution in [0.1, 0.15) is 111 Å². The van der Waals surface area contributed by atoms with E-state index in [0.29, 0.717) is 47.8 Å². The van der Waals surface area contributed by atoms with E-state index < -0.39 is 37.0 Å². The zero-order valence-electron chi connectivity index (χ0n) is 43.1. The summed E-state index contributed by atoms with van der Waals surface area (Å²) in [7, 11) is -2.91. The van der Waals surface area contributed by atoms with Crippen LogP contribution in [0.4, 0.5) is 17.1 Å². The number of hydrogen-bond acceptors (Lipinski definition) is 13. The van der Waals surface area contributed by atoms with Gasteiger partial charge in [0, 0.05) is 92.9 Å². The number of pyridine rings is 1. The topological polar surface area (TPSA) is 195 Å². The highest BCUT2D eigenvalue weighted by Gasteiger charge is 2.50. The maximum Gasteiger partial charge on any atom is 0.293 e. The Morgan fingerprint density at radius 1 is 0.973 bits per heavy atom. The Labute approximate surface area is 444 Å². The number of aliphatic hydroxyl groups is 1. The molecule has 18 heteroatoms. The van der Waals surface area contributed by atoms with E-state index in [1.807, 2.05) is 31.2 Å². The van der Waals surface area contributed by atoms with Gasteiger partial charge >= 0.3 is 0 Å². The van der Waals surface area contributed by atoms with Crippen molar-refractivity contribution in [2.45, 2.75) is 107 Å². The number of aromatic amines is 1. The number of sulfonamides is 1. The molecule has 1 atom stereocenters. The largest absolute Gasteiger partial charge is 0.495 e. The van der Waals surface area contributed by atoms with Crippen LogP contribution in [-0.4, -0.2) is 102 Å². The molecule has 16 nitrogen and oxygen atoms in total. The molecular formula is C57H67ClN8O8S. The summed E-state index contributed by atoms with van der Waals surface area (Å²) in [4.78, 5) is 40.4. The molecule has 2 aromatic heterocycles. The first kappa shape index (κ1) is 52.2. The Morgan fingerprint density at radius 2 is 1.75 bits per heavy atom. The molecule has 6 aromatic rings. The number of ether oxygens (including phenoxy) is 2. The molecule has 4 heterocycles. The predicted molar refractivity (Wildman–Crippen MR) is 292 cm³/mol. The average Bonchev–Trinajstić information content (AvgIpc) is 3.86. The van der Waals surface area contributed by atoms with Gasteiger partial charge < -0.3 is 29.8 Å². The maximum atomic E-state index is 14.1. The summed E-state index contributed by atoms with van der Waals surface area (Å²) in [5, 5.41) is 27.1. The van der Waals surface area contributed by atoms with Gasteiger partial charge in [0.15, 0.2) is 0 Å². The van der Waals surface area contributed by atoms with E-state index in [9.17, 15) is 28.4 Å². The molecule has 0 radical (unpaired) electrons. The van der Waals surface area contributed by atoms with E-state index in [1.54, 1.807) is 31.5 Å². The Balaban J connectivity index is 0.835. The van der Waals surface area contributed by atoms with Gasteiger partial charge in [0.25, 0.3) is 21.6 Å². The number of nitrogens with one attached hydrogen (secondary N) is 3. The number of aromatic nitrogens is 2. The van der Waals surface area contributed by atoms with Crippen molar-refractivity contribution in [1.82, 2.24) is 24.5 Å². The van der Waals surface area contributed by atoms with Crippen LogP contribution in [0.15, 0.2) is 108 Å². The molecule has 10 rings (SSSR count). The number of benzene rings is 4. The van der Waals surface area contributed by atoms with Gasteiger partial charge in [-0.15, -0.1) is 0 Å². The van der Waals surface area contributed by atoms with Crippen LogP contribution in [0.5, 0.6) is 17.2 Å². The standard InChI is InChI=1S/C57H67ClN8O8S/c1-37(2)45-9-5-6-10-46(45)51-36-63(35-40-8-7-11-48(58)53(40)73-4)26-27-65(51)42-31-57(32-42)21-24-64(25-22-57)41-12-14-47(52(29-41)74-43-28-39-18-23-59-54(39)61-34-43)55(67)62-75(71,72)44-13-15-49(50(30-44)66(69)70)60-33-38-16-19-56(3,68)20-17-38/h5-15,18,23,28-30,34,37-38,42,51,60,68H,16-17,19-22,24-27,31-33,35-36H2,1-4H3,(H,59,61)(H,62,67). The maximum absolute atomic E-state index is 14.1. The van der Waals surface area contributed by atoms with Gasteiger partial charge in [-0.05, 0) is 129 Å². The van der Waals surface area contributed by atoms with E-state index in [0.717, 1.165) is 106 Å². The fourth-order valence-electron chi connectivity index (χ4n) is 12.1.